The van der Waals surface area contributed by atoms with E-state index in [1.54, 1.807) is 4.90 Å². The van der Waals surface area contributed by atoms with E-state index in [9.17, 15) is 4.79 Å². The number of nitrogens with zero attached hydrogens (tertiary/aromatic N) is 1. The highest BCUT2D eigenvalue weighted by atomic mass is 79.9. The zero-order valence-corrected chi connectivity index (χ0v) is 10.0. The summed E-state index contributed by atoms with van der Waals surface area (Å²) in [6.45, 7) is 5.27. The molecule has 0 N–H and O–H groups in total. The van der Waals surface area contributed by atoms with Crippen LogP contribution >= 0.6 is 15.9 Å². The molecule has 2 unspecified atom stereocenters. The van der Waals surface area contributed by atoms with Gasteiger partial charge in [0.25, 0.3) is 5.91 Å². The van der Waals surface area contributed by atoms with Gasteiger partial charge in [0.15, 0.2) is 0 Å². The molecule has 0 spiro atoms. The van der Waals surface area contributed by atoms with E-state index >= 15 is 0 Å². The Hall–Kier alpha value is -0.530. The summed E-state index contributed by atoms with van der Waals surface area (Å²) in [4.78, 5) is 15.8. The highest BCUT2D eigenvalue weighted by molar-refractivity contribution is 9.12. The molecule has 0 aromatic carbocycles. The van der Waals surface area contributed by atoms with Gasteiger partial charge in [-0.25, -0.2) is 0 Å². The van der Waals surface area contributed by atoms with Gasteiger partial charge in [-0.2, -0.15) is 0 Å². The van der Waals surface area contributed by atoms with Crippen molar-refractivity contribution in [3.63, 3.8) is 0 Å². The number of ether oxygens (including phenoxy) is 1. The van der Waals surface area contributed by atoms with Crippen molar-refractivity contribution in [3.8, 4) is 10.8 Å². The number of amides is 1. The molecule has 2 atom stereocenters. The summed E-state index contributed by atoms with van der Waals surface area (Å²) >= 11 is 2.93. The van der Waals surface area contributed by atoms with E-state index in [4.69, 9.17) is 4.74 Å². The van der Waals surface area contributed by atoms with Gasteiger partial charge in [0.1, 0.15) is 0 Å². The average Bonchev–Trinajstić information content (AvgIpc) is 2.18. The van der Waals surface area contributed by atoms with Crippen molar-refractivity contribution < 1.29 is 9.53 Å². The minimum absolute atomic E-state index is 0.110. The Labute approximate surface area is 92.9 Å². The van der Waals surface area contributed by atoms with Crippen LogP contribution in [0.15, 0.2) is 0 Å². The third-order valence-corrected chi connectivity index (χ3v) is 2.55. The lowest BCUT2D eigenvalue weighted by Crippen LogP contribution is -2.50. The Morgan fingerprint density at radius 2 is 2.43 bits per heavy atom. The third kappa shape index (κ3) is 2.73. The van der Waals surface area contributed by atoms with Crippen LogP contribution in [-0.2, 0) is 9.53 Å². The molecule has 1 fully saturated rings. The van der Waals surface area contributed by atoms with Gasteiger partial charge < -0.3 is 9.64 Å². The molecule has 3 nitrogen and oxygen atoms in total. The minimum atomic E-state index is -0.121. The van der Waals surface area contributed by atoms with Crippen molar-refractivity contribution in [3.05, 3.63) is 0 Å². The summed E-state index contributed by atoms with van der Waals surface area (Å²) in [5.74, 6) is 2.38. The van der Waals surface area contributed by atoms with Crippen LogP contribution < -0.4 is 0 Å². The fraction of sp³-hybridized carbons (Fsp3) is 0.700. The van der Waals surface area contributed by atoms with Crippen molar-refractivity contribution in [1.82, 2.24) is 4.90 Å². The number of carbonyl (C=O) groups is 1. The lowest BCUT2D eigenvalue weighted by molar-refractivity contribution is -0.138. The van der Waals surface area contributed by atoms with Crippen LogP contribution in [-0.4, -0.2) is 36.1 Å². The molecular weight excluding hydrogens is 246 g/mol. The molecule has 1 aliphatic rings. The average molecular weight is 260 g/mol. The Kier molecular flexibility index (Phi) is 4.43. The smallest absolute Gasteiger partial charge is 0.299 e. The summed E-state index contributed by atoms with van der Waals surface area (Å²) in [5, 5.41) is 0. The zero-order valence-electron chi connectivity index (χ0n) is 8.42. The molecule has 1 heterocycles. The number of morpholine rings is 1. The number of halogens is 1. The molecule has 1 amide bonds. The van der Waals surface area contributed by atoms with E-state index in [0.717, 1.165) is 6.42 Å². The number of rotatable bonds is 1. The first-order valence-corrected chi connectivity index (χ1v) is 5.52. The summed E-state index contributed by atoms with van der Waals surface area (Å²) in [7, 11) is 0. The second kappa shape index (κ2) is 5.38. The number of hydrogen-bond acceptors (Lipinski definition) is 2. The van der Waals surface area contributed by atoms with Crippen LogP contribution in [0.2, 0.25) is 0 Å². The Morgan fingerprint density at radius 3 is 3.00 bits per heavy atom. The Balaban J connectivity index is 2.68. The lowest BCUT2D eigenvalue weighted by Gasteiger charge is -2.37. The topological polar surface area (TPSA) is 29.5 Å². The molecule has 1 aliphatic heterocycles. The van der Waals surface area contributed by atoms with Crippen LogP contribution in [0.5, 0.6) is 0 Å². The van der Waals surface area contributed by atoms with Gasteiger partial charge in [-0.05, 0) is 18.2 Å². The van der Waals surface area contributed by atoms with Gasteiger partial charge in [0.2, 0.25) is 0 Å². The molecular formula is C10H14BrNO2. The highest BCUT2D eigenvalue weighted by Crippen LogP contribution is 2.14. The lowest BCUT2D eigenvalue weighted by atomic mass is 10.1. The predicted molar refractivity (Wildman–Crippen MR) is 57.9 cm³/mol. The molecule has 1 rings (SSSR count). The molecule has 0 saturated carbocycles. The molecule has 0 aliphatic carbocycles. The molecule has 0 aromatic rings. The van der Waals surface area contributed by atoms with Crippen molar-refractivity contribution in [2.24, 2.45) is 0 Å². The number of hydrogen-bond donors (Lipinski definition) is 0. The second-order valence-electron chi connectivity index (χ2n) is 3.38. The monoisotopic (exact) mass is 259 g/mol. The first-order valence-electron chi connectivity index (χ1n) is 4.72. The quantitative estimate of drug-likeness (QED) is 0.666. The van der Waals surface area contributed by atoms with Crippen molar-refractivity contribution >= 4 is 21.8 Å². The largest absolute Gasteiger partial charge is 0.375 e. The van der Waals surface area contributed by atoms with Crippen LogP contribution in [0.4, 0.5) is 0 Å². The van der Waals surface area contributed by atoms with E-state index in [0.29, 0.717) is 13.2 Å². The SMILES string of the molecule is CCC1COC(C)CN1C(=O)C#CBr. The molecule has 14 heavy (non-hydrogen) atoms. The zero-order chi connectivity index (χ0) is 10.6. The van der Waals surface area contributed by atoms with Crippen LogP contribution in [0.25, 0.3) is 0 Å². The summed E-state index contributed by atoms with van der Waals surface area (Å²) in [6.07, 6.45) is 1.02. The molecule has 0 bridgehead atoms. The van der Waals surface area contributed by atoms with E-state index in [1.807, 2.05) is 13.8 Å². The van der Waals surface area contributed by atoms with Crippen LogP contribution in [0.1, 0.15) is 20.3 Å². The fourth-order valence-corrected chi connectivity index (χ4v) is 1.71. The van der Waals surface area contributed by atoms with Gasteiger partial charge in [-0.1, -0.05) is 6.92 Å². The van der Waals surface area contributed by atoms with Crippen LogP contribution in [0.3, 0.4) is 0 Å². The van der Waals surface area contributed by atoms with Crippen LogP contribution in [0, 0.1) is 10.8 Å². The highest BCUT2D eigenvalue weighted by Gasteiger charge is 2.28. The first-order chi connectivity index (χ1) is 6.69. The fourth-order valence-electron chi connectivity index (χ4n) is 1.54. The van der Waals surface area contributed by atoms with Gasteiger partial charge in [0.05, 0.1) is 18.8 Å². The Morgan fingerprint density at radius 1 is 1.71 bits per heavy atom. The standard InChI is InChI=1S/C10H14BrNO2/c1-3-9-7-14-8(2)6-12(9)10(13)4-5-11/h8-9H,3,6-7H2,1-2H3. The summed E-state index contributed by atoms with van der Waals surface area (Å²) < 4.78 is 5.49. The van der Waals surface area contributed by atoms with E-state index < -0.39 is 0 Å². The van der Waals surface area contributed by atoms with E-state index in [2.05, 4.69) is 26.7 Å². The maximum atomic E-state index is 11.6. The second-order valence-corrected chi connectivity index (χ2v) is 3.78. The number of carbonyl (C=O) groups excluding carboxylic acids is 1. The third-order valence-electron chi connectivity index (χ3n) is 2.35. The normalized spacial score (nSPS) is 26.6. The maximum absolute atomic E-state index is 11.6. The molecule has 0 radical (unpaired) electrons. The first kappa shape index (κ1) is 11.5. The molecule has 4 heteroatoms. The Bertz CT molecular complexity index is 269. The van der Waals surface area contributed by atoms with Crippen molar-refractivity contribution in [2.45, 2.75) is 32.4 Å². The van der Waals surface area contributed by atoms with Gasteiger partial charge in [0, 0.05) is 28.4 Å². The van der Waals surface area contributed by atoms with Crippen molar-refractivity contribution in [1.29, 1.82) is 0 Å². The van der Waals surface area contributed by atoms with E-state index in [1.165, 1.54) is 0 Å². The van der Waals surface area contributed by atoms with E-state index in [-0.39, 0.29) is 18.1 Å². The summed E-state index contributed by atoms with van der Waals surface area (Å²) in [6, 6.07) is 0.173. The predicted octanol–water partition coefficient (Wildman–Crippen LogP) is 1.37. The van der Waals surface area contributed by atoms with Gasteiger partial charge >= 0.3 is 0 Å². The molecule has 78 valence electrons. The van der Waals surface area contributed by atoms with Gasteiger partial charge in [-0.15, -0.1) is 0 Å². The minimum Gasteiger partial charge on any atom is -0.375 e. The molecule has 1 saturated heterocycles. The van der Waals surface area contributed by atoms with Gasteiger partial charge in [-0.3, -0.25) is 4.79 Å². The molecule has 0 aromatic heterocycles. The van der Waals surface area contributed by atoms with Crippen molar-refractivity contribution in [2.75, 3.05) is 13.2 Å². The maximum Gasteiger partial charge on any atom is 0.299 e. The summed E-state index contributed by atoms with van der Waals surface area (Å²) in [5.41, 5.74) is 0.